The normalized spacial score (nSPS) is 16.0. The van der Waals surface area contributed by atoms with Gasteiger partial charge in [0.1, 0.15) is 5.82 Å². The van der Waals surface area contributed by atoms with Gasteiger partial charge in [-0.05, 0) is 50.4 Å². The highest BCUT2D eigenvalue weighted by atomic mass is 19.1. The van der Waals surface area contributed by atoms with E-state index in [1.807, 2.05) is 11.8 Å². The molecule has 0 radical (unpaired) electrons. The second-order valence-electron chi connectivity index (χ2n) is 5.92. The van der Waals surface area contributed by atoms with Gasteiger partial charge in [0.25, 0.3) is 5.91 Å². The zero-order valence-corrected chi connectivity index (χ0v) is 12.8. The molecule has 116 valence electrons. The lowest BCUT2D eigenvalue weighted by molar-refractivity contribution is 0.0628. The van der Waals surface area contributed by atoms with Gasteiger partial charge in [-0.25, -0.2) is 4.39 Å². The lowest BCUT2D eigenvalue weighted by Gasteiger charge is -2.34. The van der Waals surface area contributed by atoms with E-state index < -0.39 is 5.82 Å². The Morgan fingerprint density at radius 1 is 1.33 bits per heavy atom. The number of nitrogens with two attached hydrogens (primary N) is 1. The lowest BCUT2D eigenvalue weighted by Crippen LogP contribution is -2.43. The molecule has 2 N–H and O–H groups in total. The summed E-state index contributed by atoms with van der Waals surface area (Å²) in [5, 5.41) is 0. The van der Waals surface area contributed by atoms with E-state index in [0.717, 1.165) is 37.7 Å². The van der Waals surface area contributed by atoms with Crippen molar-refractivity contribution in [3.63, 3.8) is 0 Å². The zero-order chi connectivity index (χ0) is 15.2. The highest BCUT2D eigenvalue weighted by molar-refractivity contribution is 5.94. The molecule has 1 fully saturated rings. The van der Waals surface area contributed by atoms with E-state index in [2.05, 4.69) is 0 Å². The van der Waals surface area contributed by atoms with Gasteiger partial charge in [0, 0.05) is 12.6 Å². The van der Waals surface area contributed by atoms with Crippen LogP contribution in [0.15, 0.2) is 18.2 Å². The molecule has 3 nitrogen and oxygen atoms in total. The van der Waals surface area contributed by atoms with Crippen LogP contribution in [0.4, 0.5) is 4.39 Å². The van der Waals surface area contributed by atoms with Crippen molar-refractivity contribution in [3.05, 3.63) is 35.1 Å². The van der Waals surface area contributed by atoms with Gasteiger partial charge in [0.05, 0.1) is 5.56 Å². The predicted octanol–water partition coefficient (Wildman–Crippen LogP) is 3.26. The van der Waals surface area contributed by atoms with E-state index >= 15 is 0 Å². The van der Waals surface area contributed by atoms with E-state index in [4.69, 9.17) is 5.73 Å². The molecule has 1 amide bonds. The summed E-state index contributed by atoms with van der Waals surface area (Å²) >= 11 is 0. The molecule has 0 aromatic heterocycles. The second-order valence-corrected chi connectivity index (χ2v) is 5.92. The van der Waals surface area contributed by atoms with E-state index in [-0.39, 0.29) is 17.5 Å². The third kappa shape index (κ3) is 4.03. The minimum absolute atomic E-state index is 0.184. The van der Waals surface area contributed by atoms with Crippen molar-refractivity contribution in [2.75, 3.05) is 13.1 Å². The monoisotopic (exact) mass is 292 g/mol. The van der Waals surface area contributed by atoms with Crippen LogP contribution in [0, 0.1) is 12.7 Å². The fraction of sp³-hybridized carbons (Fsp3) is 0.588. The van der Waals surface area contributed by atoms with E-state index in [9.17, 15) is 9.18 Å². The Bertz CT molecular complexity index is 484. The number of hydrogen-bond acceptors (Lipinski definition) is 2. The van der Waals surface area contributed by atoms with Crippen LogP contribution in [0.2, 0.25) is 0 Å². The molecule has 1 aromatic rings. The first-order chi connectivity index (χ1) is 10.1. The Morgan fingerprint density at radius 3 is 2.67 bits per heavy atom. The molecule has 1 saturated carbocycles. The zero-order valence-electron chi connectivity index (χ0n) is 12.8. The van der Waals surface area contributed by atoms with Gasteiger partial charge < -0.3 is 10.6 Å². The summed E-state index contributed by atoms with van der Waals surface area (Å²) < 4.78 is 14.1. The van der Waals surface area contributed by atoms with Gasteiger partial charge in [-0.15, -0.1) is 0 Å². The number of amides is 1. The Morgan fingerprint density at radius 2 is 2.05 bits per heavy atom. The summed E-state index contributed by atoms with van der Waals surface area (Å²) in [6.07, 6.45) is 6.32. The van der Waals surface area contributed by atoms with E-state index in [1.165, 1.54) is 12.5 Å². The summed E-state index contributed by atoms with van der Waals surface area (Å²) in [6.45, 7) is 2.99. The fourth-order valence-corrected chi connectivity index (χ4v) is 3.05. The molecule has 0 aliphatic heterocycles. The fourth-order valence-electron chi connectivity index (χ4n) is 3.05. The van der Waals surface area contributed by atoms with Crippen LogP contribution in [0.3, 0.4) is 0 Å². The molecule has 21 heavy (non-hydrogen) atoms. The van der Waals surface area contributed by atoms with Crippen molar-refractivity contribution < 1.29 is 9.18 Å². The third-order valence-corrected chi connectivity index (χ3v) is 4.23. The smallest absolute Gasteiger partial charge is 0.257 e. The molecular weight excluding hydrogens is 267 g/mol. The minimum atomic E-state index is -0.423. The number of hydrogen-bond donors (Lipinski definition) is 1. The lowest BCUT2D eigenvalue weighted by atomic mass is 9.93. The Hall–Kier alpha value is -1.42. The number of benzene rings is 1. The number of aryl methyl sites for hydroxylation is 1. The number of nitrogens with zero attached hydrogens (tertiary/aromatic N) is 1. The number of rotatable bonds is 5. The van der Waals surface area contributed by atoms with Gasteiger partial charge in [-0.2, -0.15) is 0 Å². The van der Waals surface area contributed by atoms with Gasteiger partial charge in [0.2, 0.25) is 0 Å². The van der Waals surface area contributed by atoms with Crippen LogP contribution in [0.1, 0.15) is 54.4 Å². The van der Waals surface area contributed by atoms with Crippen molar-refractivity contribution in [3.8, 4) is 0 Å². The van der Waals surface area contributed by atoms with Crippen molar-refractivity contribution in [1.29, 1.82) is 0 Å². The molecule has 0 atom stereocenters. The minimum Gasteiger partial charge on any atom is -0.336 e. The van der Waals surface area contributed by atoms with Gasteiger partial charge in [-0.1, -0.05) is 25.3 Å². The summed E-state index contributed by atoms with van der Waals surface area (Å²) in [7, 11) is 0. The van der Waals surface area contributed by atoms with Crippen LogP contribution in [0.5, 0.6) is 0 Å². The molecule has 4 heteroatoms. The van der Waals surface area contributed by atoms with Crippen LogP contribution >= 0.6 is 0 Å². The van der Waals surface area contributed by atoms with Crippen LogP contribution in [-0.2, 0) is 0 Å². The topological polar surface area (TPSA) is 46.3 Å². The van der Waals surface area contributed by atoms with E-state index in [0.29, 0.717) is 13.1 Å². The van der Waals surface area contributed by atoms with Crippen molar-refractivity contribution in [2.24, 2.45) is 5.73 Å². The molecule has 1 aromatic carbocycles. The molecule has 0 spiro atoms. The summed E-state index contributed by atoms with van der Waals surface area (Å²) in [5.74, 6) is -0.610. The number of halogens is 1. The Kier molecular flexibility index (Phi) is 5.74. The quantitative estimate of drug-likeness (QED) is 0.905. The molecule has 0 saturated heterocycles. The third-order valence-electron chi connectivity index (χ3n) is 4.23. The second kappa shape index (κ2) is 7.55. The molecule has 0 unspecified atom stereocenters. The van der Waals surface area contributed by atoms with Gasteiger partial charge >= 0.3 is 0 Å². The van der Waals surface area contributed by atoms with Crippen LogP contribution < -0.4 is 5.73 Å². The summed E-state index contributed by atoms with van der Waals surface area (Å²) in [6, 6.07) is 5.05. The molecule has 0 heterocycles. The van der Waals surface area contributed by atoms with Crippen LogP contribution in [-0.4, -0.2) is 29.9 Å². The van der Waals surface area contributed by atoms with Crippen molar-refractivity contribution in [2.45, 2.75) is 51.5 Å². The maximum atomic E-state index is 14.1. The standard InChI is InChI=1S/C17H25FN2O/c1-13-8-9-15(16(18)12-13)17(21)20(11-5-10-19)14-6-3-2-4-7-14/h8-9,12,14H,2-7,10-11,19H2,1H3. The first-order valence-corrected chi connectivity index (χ1v) is 7.90. The molecule has 1 aliphatic rings. The first kappa shape index (κ1) is 16.0. The molecule has 1 aliphatic carbocycles. The average Bonchev–Trinajstić information content (AvgIpc) is 2.48. The Balaban J connectivity index is 2.19. The summed E-state index contributed by atoms with van der Waals surface area (Å²) in [4.78, 5) is 14.6. The molecular formula is C17H25FN2O. The van der Waals surface area contributed by atoms with Gasteiger partial charge in [0.15, 0.2) is 0 Å². The predicted molar refractivity (Wildman–Crippen MR) is 82.7 cm³/mol. The largest absolute Gasteiger partial charge is 0.336 e. The SMILES string of the molecule is Cc1ccc(C(=O)N(CCCN)C2CCCCC2)c(F)c1. The molecule has 2 rings (SSSR count). The number of carbonyl (C=O) groups excluding carboxylic acids is 1. The number of carbonyl (C=O) groups is 1. The summed E-state index contributed by atoms with van der Waals surface area (Å²) in [5.41, 5.74) is 6.60. The maximum absolute atomic E-state index is 14.1. The van der Waals surface area contributed by atoms with E-state index in [1.54, 1.807) is 12.1 Å². The maximum Gasteiger partial charge on any atom is 0.257 e. The van der Waals surface area contributed by atoms with Gasteiger partial charge in [-0.3, -0.25) is 4.79 Å². The Labute approximate surface area is 126 Å². The van der Waals surface area contributed by atoms with Crippen molar-refractivity contribution >= 4 is 5.91 Å². The van der Waals surface area contributed by atoms with Crippen LogP contribution in [0.25, 0.3) is 0 Å². The average molecular weight is 292 g/mol. The first-order valence-electron chi connectivity index (χ1n) is 7.90. The van der Waals surface area contributed by atoms with Crippen molar-refractivity contribution in [1.82, 2.24) is 4.90 Å². The highest BCUT2D eigenvalue weighted by Crippen LogP contribution is 2.25. The highest BCUT2D eigenvalue weighted by Gasteiger charge is 2.27. The molecule has 0 bridgehead atoms.